The minimum absolute atomic E-state index is 0.110. The zero-order valence-corrected chi connectivity index (χ0v) is 11.4. The van der Waals surface area contributed by atoms with Crippen molar-refractivity contribution in [1.82, 2.24) is 0 Å². The molecule has 0 heterocycles. The molecule has 3 nitrogen and oxygen atoms in total. The number of carboxylic acids is 1. The molecule has 0 aromatic heterocycles. The van der Waals surface area contributed by atoms with Crippen molar-refractivity contribution in [3.05, 3.63) is 58.3 Å². The van der Waals surface area contributed by atoms with E-state index in [0.717, 1.165) is 0 Å². The van der Waals surface area contributed by atoms with Crippen LogP contribution in [0.5, 0.6) is 0 Å². The zero-order chi connectivity index (χ0) is 13.8. The second kappa shape index (κ2) is 5.84. The maximum absolute atomic E-state index is 13.7. The van der Waals surface area contributed by atoms with Crippen molar-refractivity contribution in [3.63, 3.8) is 0 Å². The summed E-state index contributed by atoms with van der Waals surface area (Å²) in [6.45, 7) is 0. The van der Waals surface area contributed by atoms with E-state index >= 15 is 0 Å². The summed E-state index contributed by atoms with van der Waals surface area (Å²) < 4.78 is 14.4. The number of anilines is 2. The average molecular weight is 324 g/mol. The van der Waals surface area contributed by atoms with Crippen LogP contribution in [0, 0.1) is 5.82 Å². The Balaban J connectivity index is 2.30. The molecule has 98 valence electrons. The topological polar surface area (TPSA) is 49.3 Å². The van der Waals surface area contributed by atoms with Crippen LogP contribution in [0.15, 0.2) is 46.9 Å². The fraction of sp³-hybridized carbons (Fsp3) is 0.0714. The molecule has 0 atom stereocenters. The summed E-state index contributed by atoms with van der Waals surface area (Å²) in [5.41, 5.74) is 1.50. The quantitative estimate of drug-likeness (QED) is 0.895. The van der Waals surface area contributed by atoms with Gasteiger partial charge >= 0.3 is 5.97 Å². The number of hydrogen-bond acceptors (Lipinski definition) is 2. The molecule has 0 radical (unpaired) electrons. The molecule has 0 spiro atoms. The van der Waals surface area contributed by atoms with Gasteiger partial charge < -0.3 is 10.4 Å². The molecule has 0 aliphatic rings. The standard InChI is InChI=1S/C14H11BrFNO2/c15-10-5-6-13(11(16)8-10)17-12-4-2-1-3-9(12)7-14(18)19/h1-6,8,17H,7H2,(H,18,19). The number of nitrogens with one attached hydrogen (secondary N) is 1. The van der Waals surface area contributed by atoms with Crippen LogP contribution in [0.1, 0.15) is 5.56 Å². The summed E-state index contributed by atoms with van der Waals surface area (Å²) in [7, 11) is 0. The van der Waals surface area contributed by atoms with Crippen LogP contribution in [0.25, 0.3) is 0 Å². The first-order valence-corrected chi connectivity index (χ1v) is 6.37. The van der Waals surface area contributed by atoms with Gasteiger partial charge in [0.05, 0.1) is 12.1 Å². The Hall–Kier alpha value is -1.88. The van der Waals surface area contributed by atoms with Gasteiger partial charge in [-0.25, -0.2) is 4.39 Å². The van der Waals surface area contributed by atoms with Crippen molar-refractivity contribution < 1.29 is 14.3 Å². The first kappa shape index (κ1) is 13.5. The molecule has 0 saturated carbocycles. The third-order valence-corrected chi connectivity index (χ3v) is 3.05. The summed E-state index contributed by atoms with van der Waals surface area (Å²) in [4.78, 5) is 10.8. The highest BCUT2D eigenvalue weighted by Gasteiger charge is 2.08. The van der Waals surface area contributed by atoms with Crippen molar-refractivity contribution in [1.29, 1.82) is 0 Å². The van der Waals surface area contributed by atoms with Gasteiger partial charge in [0, 0.05) is 10.2 Å². The second-order valence-electron chi connectivity index (χ2n) is 3.98. The highest BCUT2D eigenvalue weighted by molar-refractivity contribution is 9.10. The lowest BCUT2D eigenvalue weighted by atomic mass is 10.1. The van der Waals surface area contributed by atoms with E-state index in [1.165, 1.54) is 6.07 Å². The predicted molar refractivity (Wildman–Crippen MR) is 75.2 cm³/mol. The summed E-state index contributed by atoms with van der Waals surface area (Å²) in [5, 5.41) is 11.8. The number of rotatable bonds is 4. The van der Waals surface area contributed by atoms with Crippen molar-refractivity contribution in [2.45, 2.75) is 6.42 Å². The van der Waals surface area contributed by atoms with Gasteiger partial charge in [0.25, 0.3) is 0 Å². The van der Waals surface area contributed by atoms with Crippen molar-refractivity contribution in [2.24, 2.45) is 0 Å². The van der Waals surface area contributed by atoms with Gasteiger partial charge in [0.2, 0.25) is 0 Å². The Kier molecular flexibility index (Phi) is 4.16. The molecule has 0 bridgehead atoms. The molecular weight excluding hydrogens is 313 g/mol. The van der Waals surface area contributed by atoms with E-state index in [-0.39, 0.29) is 6.42 Å². The van der Waals surface area contributed by atoms with E-state index in [9.17, 15) is 9.18 Å². The molecule has 0 amide bonds. The van der Waals surface area contributed by atoms with E-state index in [1.807, 2.05) is 0 Å². The molecule has 2 aromatic rings. The lowest BCUT2D eigenvalue weighted by Gasteiger charge is -2.11. The van der Waals surface area contributed by atoms with Crippen LogP contribution >= 0.6 is 15.9 Å². The molecule has 2 aromatic carbocycles. The maximum atomic E-state index is 13.7. The molecular formula is C14H11BrFNO2. The SMILES string of the molecule is O=C(O)Cc1ccccc1Nc1ccc(Br)cc1F. The summed E-state index contributed by atoms with van der Waals surface area (Å²) in [6, 6.07) is 11.6. The van der Waals surface area contributed by atoms with Gasteiger partial charge in [0.15, 0.2) is 0 Å². The van der Waals surface area contributed by atoms with Crippen LogP contribution in [0.2, 0.25) is 0 Å². The van der Waals surface area contributed by atoms with Crippen LogP contribution in [0.3, 0.4) is 0 Å². The molecule has 5 heteroatoms. The molecule has 2 N–H and O–H groups in total. The zero-order valence-electron chi connectivity index (χ0n) is 9.86. The van der Waals surface area contributed by atoms with Gasteiger partial charge in [-0.2, -0.15) is 0 Å². The highest BCUT2D eigenvalue weighted by atomic mass is 79.9. The van der Waals surface area contributed by atoms with Crippen LogP contribution < -0.4 is 5.32 Å². The predicted octanol–water partition coefficient (Wildman–Crippen LogP) is 3.96. The largest absolute Gasteiger partial charge is 0.481 e. The van der Waals surface area contributed by atoms with Gasteiger partial charge in [0.1, 0.15) is 5.82 Å². The number of carboxylic acid groups (broad SMARTS) is 1. The van der Waals surface area contributed by atoms with Gasteiger partial charge in [-0.05, 0) is 29.8 Å². The number of benzene rings is 2. The average Bonchev–Trinajstić information content (AvgIpc) is 2.34. The highest BCUT2D eigenvalue weighted by Crippen LogP contribution is 2.25. The molecule has 0 unspecified atom stereocenters. The molecule has 0 fully saturated rings. The molecule has 0 saturated heterocycles. The van der Waals surface area contributed by atoms with E-state index in [1.54, 1.807) is 36.4 Å². The van der Waals surface area contributed by atoms with Crippen LogP contribution in [0.4, 0.5) is 15.8 Å². The number of hydrogen-bond donors (Lipinski definition) is 2. The smallest absolute Gasteiger partial charge is 0.307 e. The van der Waals surface area contributed by atoms with Gasteiger partial charge in [-0.1, -0.05) is 34.1 Å². The minimum Gasteiger partial charge on any atom is -0.481 e. The van der Waals surface area contributed by atoms with E-state index < -0.39 is 11.8 Å². The lowest BCUT2D eigenvalue weighted by molar-refractivity contribution is -0.136. The van der Waals surface area contributed by atoms with Gasteiger partial charge in [-0.3, -0.25) is 4.79 Å². The number of carbonyl (C=O) groups is 1. The summed E-state index contributed by atoms with van der Waals surface area (Å²) in [5.74, 6) is -1.33. The first-order valence-electron chi connectivity index (χ1n) is 5.58. The van der Waals surface area contributed by atoms with E-state index in [0.29, 0.717) is 21.4 Å². The molecule has 19 heavy (non-hydrogen) atoms. The number of aliphatic carboxylic acids is 1. The van der Waals surface area contributed by atoms with Crippen molar-refractivity contribution >= 4 is 33.3 Å². The lowest BCUT2D eigenvalue weighted by Crippen LogP contribution is -2.04. The summed E-state index contributed by atoms with van der Waals surface area (Å²) in [6.07, 6.45) is -0.110. The summed E-state index contributed by atoms with van der Waals surface area (Å²) >= 11 is 3.18. The van der Waals surface area contributed by atoms with Crippen LogP contribution in [-0.4, -0.2) is 11.1 Å². The fourth-order valence-electron chi connectivity index (χ4n) is 1.70. The van der Waals surface area contributed by atoms with E-state index in [2.05, 4.69) is 21.2 Å². The Morgan fingerprint density at radius 3 is 2.63 bits per heavy atom. The van der Waals surface area contributed by atoms with Gasteiger partial charge in [-0.15, -0.1) is 0 Å². The minimum atomic E-state index is -0.925. The molecule has 2 rings (SSSR count). The Morgan fingerprint density at radius 2 is 1.95 bits per heavy atom. The number of halogens is 2. The van der Waals surface area contributed by atoms with Crippen molar-refractivity contribution in [2.75, 3.05) is 5.32 Å². The van der Waals surface area contributed by atoms with E-state index in [4.69, 9.17) is 5.11 Å². The normalized spacial score (nSPS) is 10.2. The number of para-hydroxylation sites is 1. The third-order valence-electron chi connectivity index (χ3n) is 2.56. The Morgan fingerprint density at radius 1 is 1.21 bits per heavy atom. The molecule has 0 aliphatic heterocycles. The fourth-order valence-corrected chi connectivity index (χ4v) is 2.03. The Bertz CT molecular complexity index is 616. The Labute approximate surface area is 118 Å². The third kappa shape index (κ3) is 3.54. The molecule has 0 aliphatic carbocycles. The van der Waals surface area contributed by atoms with Crippen molar-refractivity contribution in [3.8, 4) is 0 Å². The van der Waals surface area contributed by atoms with Crippen LogP contribution in [-0.2, 0) is 11.2 Å². The monoisotopic (exact) mass is 323 g/mol. The first-order chi connectivity index (χ1) is 9.06. The second-order valence-corrected chi connectivity index (χ2v) is 4.89. The maximum Gasteiger partial charge on any atom is 0.307 e.